The molecule has 2 atom stereocenters. The van der Waals surface area contributed by atoms with Crippen molar-refractivity contribution in [3.8, 4) is 5.75 Å². The molecule has 0 saturated carbocycles. The van der Waals surface area contributed by atoms with Crippen LogP contribution in [0.5, 0.6) is 5.75 Å². The highest BCUT2D eigenvalue weighted by Gasteiger charge is 2.36. The van der Waals surface area contributed by atoms with Crippen LogP contribution in [0.4, 0.5) is 0 Å². The highest BCUT2D eigenvalue weighted by molar-refractivity contribution is 9.10. The van der Waals surface area contributed by atoms with E-state index in [0.29, 0.717) is 12.0 Å². The Labute approximate surface area is 127 Å². The molecule has 2 aliphatic heterocycles. The molecule has 5 heteroatoms. The standard InChI is InChI=1S/C15H19BrN2O2/c1-20-14-5-4-10(7-12(14)16)15(19)18-8-11-3-2-6-17-13(11)9-18/h4-5,7,11,13,17H,2-3,6,8-9H2,1H3. The molecule has 1 amide bonds. The number of hydrogen-bond acceptors (Lipinski definition) is 3. The highest BCUT2D eigenvalue weighted by atomic mass is 79.9. The Bertz CT molecular complexity index is 507. The van der Waals surface area contributed by atoms with Gasteiger partial charge in [0.15, 0.2) is 0 Å². The monoisotopic (exact) mass is 338 g/mol. The molecule has 4 nitrogen and oxygen atoms in total. The number of rotatable bonds is 2. The number of amides is 1. The van der Waals surface area contributed by atoms with Gasteiger partial charge in [-0.2, -0.15) is 0 Å². The third-order valence-corrected chi connectivity index (χ3v) is 4.90. The third-order valence-electron chi connectivity index (χ3n) is 4.29. The maximum Gasteiger partial charge on any atom is 0.253 e. The van der Waals surface area contributed by atoms with E-state index in [1.54, 1.807) is 7.11 Å². The zero-order valence-electron chi connectivity index (χ0n) is 11.6. The summed E-state index contributed by atoms with van der Waals surface area (Å²) in [5.41, 5.74) is 0.719. The van der Waals surface area contributed by atoms with Crippen LogP contribution in [0.15, 0.2) is 22.7 Å². The van der Waals surface area contributed by atoms with Gasteiger partial charge in [-0.3, -0.25) is 4.79 Å². The van der Waals surface area contributed by atoms with Crippen LogP contribution in [0.3, 0.4) is 0 Å². The van der Waals surface area contributed by atoms with Gasteiger partial charge >= 0.3 is 0 Å². The molecule has 3 rings (SSSR count). The second kappa shape index (κ2) is 5.74. The summed E-state index contributed by atoms with van der Waals surface area (Å²) in [5, 5.41) is 3.52. The average molecular weight is 339 g/mol. The van der Waals surface area contributed by atoms with Crippen molar-refractivity contribution in [3.05, 3.63) is 28.2 Å². The number of piperidine rings is 1. The predicted octanol–water partition coefficient (Wildman–Crippen LogP) is 2.28. The van der Waals surface area contributed by atoms with E-state index in [1.807, 2.05) is 23.1 Å². The van der Waals surface area contributed by atoms with Crippen LogP contribution < -0.4 is 10.1 Å². The number of fused-ring (bicyclic) bond motifs is 1. The Morgan fingerprint density at radius 1 is 1.45 bits per heavy atom. The molecule has 2 heterocycles. The van der Waals surface area contributed by atoms with E-state index in [4.69, 9.17) is 4.74 Å². The SMILES string of the molecule is COc1ccc(C(=O)N2CC3CCCNC3C2)cc1Br. The molecule has 0 aliphatic carbocycles. The summed E-state index contributed by atoms with van der Waals surface area (Å²) in [7, 11) is 1.62. The summed E-state index contributed by atoms with van der Waals surface area (Å²) in [5.74, 6) is 1.48. The lowest BCUT2D eigenvalue weighted by Gasteiger charge is -2.24. The summed E-state index contributed by atoms with van der Waals surface area (Å²) in [4.78, 5) is 14.6. The third kappa shape index (κ3) is 2.56. The number of methoxy groups -OCH3 is 1. The molecule has 0 spiro atoms. The van der Waals surface area contributed by atoms with Gasteiger partial charge in [-0.1, -0.05) is 0 Å². The Balaban J connectivity index is 1.74. The van der Waals surface area contributed by atoms with Gasteiger partial charge in [-0.05, 0) is 59.4 Å². The lowest BCUT2D eigenvalue weighted by atomic mass is 9.94. The number of nitrogens with zero attached hydrogens (tertiary/aromatic N) is 1. The molecule has 1 aromatic rings. The normalized spacial score (nSPS) is 25.4. The number of benzene rings is 1. The van der Waals surface area contributed by atoms with Crippen LogP contribution >= 0.6 is 15.9 Å². The van der Waals surface area contributed by atoms with Gasteiger partial charge in [-0.25, -0.2) is 0 Å². The van der Waals surface area contributed by atoms with Crippen molar-refractivity contribution >= 4 is 21.8 Å². The van der Waals surface area contributed by atoms with Crippen LogP contribution in [0.2, 0.25) is 0 Å². The summed E-state index contributed by atoms with van der Waals surface area (Å²) in [6, 6.07) is 5.99. The number of carbonyl (C=O) groups is 1. The number of nitrogens with one attached hydrogen (secondary N) is 1. The number of ether oxygens (including phenoxy) is 1. The minimum absolute atomic E-state index is 0.115. The van der Waals surface area contributed by atoms with Crippen LogP contribution in [0, 0.1) is 5.92 Å². The van der Waals surface area contributed by atoms with Crippen molar-refractivity contribution < 1.29 is 9.53 Å². The quantitative estimate of drug-likeness (QED) is 0.899. The van der Waals surface area contributed by atoms with Crippen LogP contribution in [-0.4, -0.2) is 43.6 Å². The van der Waals surface area contributed by atoms with Crippen molar-refractivity contribution in [3.63, 3.8) is 0 Å². The van der Waals surface area contributed by atoms with E-state index in [2.05, 4.69) is 21.2 Å². The van der Waals surface area contributed by atoms with Crippen molar-refractivity contribution in [1.82, 2.24) is 10.2 Å². The highest BCUT2D eigenvalue weighted by Crippen LogP contribution is 2.29. The lowest BCUT2D eigenvalue weighted by molar-refractivity contribution is 0.0785. The largest absolute Gasteiger partial charge is 0.496 e. The van der Waals surface area contributed by atoms with Gasteiger partial charge in [0.25, 0.3) is 5.91 Å². The maximum absolute atomic E-state index is 12.6. The Morgan fingerprint density at radius 3 is 3.00 bits per heavy atom. The molecule has 0 radical (unpaired) electrons. The molecule has 2 fully saturated rings. The molecule has 2 aliphatic rings. The van der Waals surface area contributed by atoms with E-state index in [-0.39, 0.29) is 5.91 Å². The van der Waals surface area contributed by atoms with Crippen molar-refractivity contribution in [2.24, 2.45) is 5.92 Å². The minimum Gasteiger partial charge on any atom is -0.496 e. The molecule has 1 N–H and O–H groups in total. The summed E-state index contributed by atoms with van der Waals surface area (Å²) >= 11 is 3.44. The second-order valence-electron chi connectivity index (χ2n) is 5.52. The van der Waals surface area contributed by atoms with Crippen LogP contribution in [0.1, 0.15) is 23.2 Å². The fourth-order valence-electron chi connectivity index (χ4n) is 3.19. The molecule has 2 saturated heterocycles. The molecule has 20 heavy (non-hydrogen) atoms. The Kier molecular flexibility index (Phi) is 3.98. The number of carbonyl (C=O) groups excluding carboxylic acids is 1. The van der Waals surface area contributed by atoms with Gasteiger partial charge in [0.05, 0.1) is 11.6 Å². The Hall–Kier alpha value is -1.07. The molecular weight excluding hydrogens is 320 g/mol. The van der Waals surface area contributed by atoms with Crippen molar-refractivity contribution in [2.75, 3.05) is 26.7 Å². The van der Waals surface area contributed by atoms with E-state index < -0.39 is 0 Å². The van der Waals surface area contributed by atoms with E-state index in [0.717, 1.165) is 35.4 Å². The Morgan fingerprint density at radius 2 is 2.30 bits per heavy atom. The van der Waals surface area contributed by atoms with Gasteiger partial charge in [0.2, 0.25) is 0 Å². The zero-order valence-corrected chi connectivity index (χ0v) is 13.1. The first-order chi connectivity index (χ1) is 9.69. The van der Waals surface area contributed by atoms with Crippen molar-refractivity contribution in [1.29, 1.82) is 0 Å². The number of hydrogen-bond donors (Lipinski definition) is 1. The summed E-state index contributed by atoms with van der Waals surface area (Å²) in [6.45, 7) is 2.78. The molecule has 1 aromatic carbocycles. The first-order valence-corrected chi connectivity index (χ1v) is 7.84. The van der Waals surface area contributed by atoms with Crippen molar-refractivity contribution in [2.45, 2.75) is 18.9 Å². The number of likely N-dealkylation sites (tertiary alicyclic amines) is 1. The molecule has 108 valence electrons. The van der Waals surface area contributed by atoms with Gasteiger partial charge in [0.1, 0.15) is 5.75 Å². The lowest BCUT2D eigenvalue weighted by Crippen LogP contribution is -2.41. The first-order valence-electron chi connectivity index (χ1n) is 7.05. The maximum atomic E-state index is 12.6. The molecule has 0 bridgehead atoms. The minimum atomic E-state index is 0.115. The summed E-state index contributed by atoms with van der Waals surface area (Å²) in [6.07, 6.45) is 2.45. The van der Waals surface area contributed by atoms with Gasteiger partial charge < -0.3 is 15.0 Å². The molecular formula is C15H19BrN2O2. The fourth-order valence-corrected chi connectivity index (χ4v) is 3.74. The van der Waals surface area contributed by atoms with E-state index in [9.17, 15) is 4.79 Å². The average Bonchev–Trinajstić information content (AvgIpc) is 2.90. The molecule has 0 aromatic heterocycles. The fraction of sp³-hybridized carbons (Fsp3) is 0.533. The van der Waals surface area contributed by atoms with Gasteiger partial charge in [-0.15, -0.1) is 0 Å². The smallest absolute Gasteiger partial charge is 0.253 e. The number of halogens is 1. The molecule has 2 unspecified atom stereocenters. The zero-order chi connectivity index (χ0) is 14.1. The van der Waals surface area contributed by atoms with Crippen LogP contribution in [0.25, 0.3) is 0 Å². The summed E-state index contributed by atoms with van der Waals surface area (Å²) < 4.78 is 6.02. The second-order valence-corrected chi connectivity index (χ2v) is 6.38. The van der Waals surface area contributed by atoms with E-state index in [1.165, 1.54) is 12.8 Å². The van der Waals surface area contributed by atoms with Gasteiger partial charge in [0, 0.05) is 24.7 Å². The predicted molar refractivity (Wildman–Crippen MR) is 81.1 cm³/mol. The van der Waals surface area contributed by atoms with E-state index >= 15 is 0 Å². The first kappa shape index (κ1) is 13.9. The topological polar surface area (TPSA) is 41.6 Å². The van der Waals surface area contributed by atoms with Crippen LogP contribution in [-0.2, 0) is 0 Å².